The molecule has 0 unspecified atom stereocenters. The monoisotopic (exact) mass is 425 g/mol. The van der Waals surface area contributed by atoms with Crippen LogP contribution in [0.1, 0.15) is 11.3 Å². The van der Waals surface area contributed by atoms with Crippen molar-refractivity contribution in [1.82, 2.24) is 14.3 Å². The van der Waals surface area contributed by atoms with Crippen molar-refractivity contribution in [1.29, 1.82) is 0 Å². The molecule has 1 fully saturated rings. The van der Waals surface area contributed by atoms with Crippen LogP contribution in [0.25, 0.3) is 0 Å². The molecule has 10 nitrogen and oxygen atoms in total. The number of fused-ring (bicyclic) bond motifs is 1. The van der Waals surface area contributed by atoms with Gasteiger partial charge in [-0.2, -0.15) is 4.31 Å². The second kappa shape index (κ2) is 7.04. The number of anilines is 1. The first kappa shape index (κ1) is 19.2. The zero-order chi connectivity index (χ0) is 19.9. The SMILES string of the molecule is NS(=O)(=O)c1ccc(S(=O)(=O)N2Cc3cnc(N4CCOCC4)nc3C2)cc1. The molecule has 0 bridgehead atoms. The number of nitrogens with two attached hydrogens (primary N) is 1. The maximum Gasteiger partial charge on any atom is 0.243 e. The van der Waals surface area contributed by atoms with E-state index in [9.17, 15) is 16.8 Å². The zero-order valence-corrected chi connectivity index (χ0v) is 16.5. The summed E-state index contributed by atoms with van der Waals surface area (Å²) in [6, 6.07) is 4.84. The third-order valence-electron chi connectivity index (χ3n) is 4.70. The third kappa shape index (κ3) is 3.61. The molecule has 0 atom stereocenters. The minimum atomic E-state index is -3.88. The lowest BCUT2D eigenvalue weighted by Crippen LogP contribution is -2.37. The Balaban J connectivity index is 1.56. The molecule has 1 aromatic heterocycles. The molecule has 0 spiro atoms. The number of sulfonamides is 2. The normalized spacial score (nSPS) is 18.2. The Morgan fingerprint density at radius 2 is 1.61 bits per heavy atom. The van der Waals surface area contributed by atoms with E-state index < -0.39 is 20.0 Å². The van der Waals surface area contributed by atoms with Gasteiger partial charge < -0.3 is 9.64 Å². The van der Waals surface area contributed by atoms with Crippen LogP contribution in [0.15, 0.2) is 40.3 Å². The smallest absolute Gasteiger partial charge is 0.243 e. The van der Waals surface area contributed by atoms with Crippen LogP contribution < -0.4 is 10.0 Å². The van der Waals surface area contributed by atoms with Gasteiger partial charge in [0.15, 0.2) is 0 Å². The van der Waals surface area contributed by atoms with Gasteiger partial charge in [-0.3, -0.25) is 0 Å². The molecule has 2 aliphatic rings. The molecule has 2 N–H and O–H groups in total. The van der Waals surface area contributed by atoms with Gasteiger partial charge >= 0.3 is 0 Å². The summed E-state index contributed by atoms with van der Waals surface area (Å²) >= 11 is 0. The van der Waals surface area contributed by atoms with E-state index in [4.69, 9.17) is 9.88 Å². The fourth-order valence-corrected chi connectivity index (χ4v) is 5.04. The highest BCUT2D eigenvalue weighted by atomic mass is 32.2. The van der Waals surface area contributed by atoms with E-state index in [1.807, 2.05) is 4.90 Å². The van der Waals surface area contributed by atoms with Crippen molar-refractivity contribution in [3.8, 4) is 0 Å². The number of hydrogen-bond donors (Lipinski definition) is 1. The predicted molar refractivity (Wildman–Crippen MR) is 99.3 cm³/mol. The van der Waals surface area contributed by atoms with Crippen LogP contribution in [-0.2, 0) is 37.9 Å². The quantitative estimate of drug-likeness (QED) is 0.703. The Labute approximate surface area is 163 Å². The Hall–Kier alpha value is -2.12. The van der Waals surface area contributed by atoms with E-state index in [1.54, 1.807) is 6.20 Å². The number of aromatic nitrogens is 2. The summed E-state index contributed by atoms with van der Waals surface area (Å²) in [4.78, 5) is 10.8. The molecule has 0 radical (unpaired) electrons. The van der Waals surface area contributed by atoms with Gasteiger partial charge in [-0.15, -0.1) is 0 Å². The maximum atomic E-state index is 12.9. The van der Waals surface area contributed by atoms with Crippen LogP contribution >= 0.6 is 0 Å². The molecule has 150 valence electrons. The summed E-state index contributed by atoms with van der Waals surface area (Å²) in [5.74, 6) is 0.568. The van der Waals surface area contributed by atoms with Crippen LogP contribution in [0.3, 0.4) is 0 Å². The highest BCUT2D eigenvalue weighted by Gasteiger charge is 2.32. The van der Waals surface area contributed by atoms with Gasteiger partial charge in [-0.25, -0.2) is 31.9 Å². The summed E-state index contributed by atoms with van der Waals surface area (Å²) in [6.07, 6.45) is 1.66. The van der Waals surface area contributed by atoms with Crippen molar-refractivity contribution in [3.63, 3.8) is 0 Å². The van der Waals surface area contributed by atoms with E-state index in [2.05, 4.69) is 9.97 Å². The molecule has 28 heavy (non-hydrogen) atoms. The minimum absolute atomic E-state index is 0.00549. The van der Waals surface area contributed by atoms with Crippen molar-refractivity contribution in [2.24, 2.45) is 5.14 Å². The van der Waals surface area contributed by atoms with Gasteiger partial charge in [0.25, 0.3) is 0 Å². The van der Waals surface area contributed by atoms with Crippen LogP contribution in [0.5, 0.6) is 0 Å². The number of benzene rings is 1. The van der Waals surface area contributed by atoms with Crippen molar-refractivity contribution >= 4 is 26.0 Å². The van der Waals surface area contributed by atoms with Gasteiger partial charge in [0, 0.05) is 31.4 Å². The molecule has 12 heteroatoms. The lowest BCUT2D eigenvalue weighted by Gasteiger charge is -2.26. The minimum Gasteiger partial charge on any atom is -0.378 e. The van der Waals surface area contributed by atoms with Crippen LogP contribution in [0.2, 0.25) is 0 Å². The molecule has 1 saturated heterocycles. The number of ether oxygens (including phenoxy) is 1. The number of rotatable bonds is 4. The van der Waals surface area contributed by atoms with Gasteiger partial charge in [0.1, 0.15) is 0 Å². The summed E-state index contributed by atoms with van der Waals surface area (Å²) in [5, 5.41) is 5.06. The fourth-order valence-electron chi connectivity index (χ4n) is 3.15. The summed E-state index contributed by atoms with van der Waals surface area (Å²) in [6.45, 7) is 2.89. The average molecular weight is 425 g/mol. The van der Waals surface area contributed by atoms with E-state index in [0.717, 1.165) is 5.56 Å². The molecule has 2 aromatic rings. The van der Waals surface area contributed by atoms with Gasteiger partial charge in [-0.05, 0) is 24.3 Å². The van der Waals surface area contributed by atoms with Gasteiger partial charge in [0.05, 0.1) is 35.2 Å². The van der Waals surface area contributed by atoms with Crippen molar-refractivity contribution in [3.05, 3.63) is 41.7 Å². The molecule has 1 aromatic carbocycles. The number of nitrogens with zero attached hydrogens (tertiary/aromatic N) is 4. The van der Waals surface area contributed by atoms with Crippen LogP contribution in [-0.4, -0.2) is 57.4 Å². The molecule has 3 heterocycles. The first-order chi connectivity index (χ1) is 13.2. The molecular weight excluding hydrogens is 406 g/mol. The second-order valence-electron chi connectivity index (χ2n) is 6.53. The standard InChI is InChI=1S/C16H19N5O5S2/c17-27(22,23)13-1-3-14(4-2-13)28(24,25)21-10-12-9-18-16(19-15(12)11-21)20-5-7-26-8-6-20/h1-4,9H,5-8,10-11H2,(H2,17,22,23). The lowest BCUT2D eigenvalue weighted by atomic mass is 10.3. The van der Waals surface area contributed by atoms with Crippen LogP contribution in [0, 0.1) is 0 Å². The molecule has 4 rings (SSSR count). The van der Waals surface area contributed by atoms with Crippen LogP contribution in [0.4, 0.5) is 5.95 Å². The Morgan fingerprint density at radius 1 is 0.964 bits per heavy atom. The number of hydrogen-bond acceptors (Lipinski definition) is 8. The third-order valence-corrected chi connectivity index (χ3v) is 7.43. The number of morpholine rings is 1. The molecule has 0 aliphatic carbocycles. The highest BCUT2D eigenvalue weighted by molar-refractivity contribution is 7.89. The van der Waals surface area contributed by atoms with E-state index in [1.165, 1.54) is 28.6 Å². The van der Waals surface area contributed by atoms with Crippen molar-refractivity contribution in [2.75, 3.05) is 31.2 Å². The Morgan fingerprint density at radius 3 is 2.25 bits per heavy atom. The summed E-state index contributed by atoms with van der Waals surface area (Å²) in [5.41, 5.74) is 1.42. The van der Waals surface area contributed by atoms with E-state index in [0.29, 0.717) is 37.9 Å². The highest BCUT2D eigenvalue weighted by Crippen LogP contribution is 2.28. The number of primary sulfonamides is 1. The first-order valence-corrected chi connectivity index (χ1v) is 11.5. The van der Waals surface area contributed by atoms with Gasteiger partial charge in [0.2, 0.25) is 26.0 Å². The fraction of sp³-hybridized carbons (Fsp3) is 0.375. The molecule has 0 amide bonds. The van der Waals surface area contributed by atoms with E-state index >= 15 is 0 Å². The molecule has 2 aliphatic heterocycles. The van der Waals surface area contributed by atoms with Gasteiger partial charge in [-0.1, -0.05) is 0 Å². The largest absolute Gasteiger partial charge is 0.378 e. The topological polar surface area (TPSA) is 136 Å². The molecular formula is C16H19N5O5S2. The summed E-state index contributed by atoms with van der Waals surface area (Å²) in [7, 11) is -7.69. The van der Waals surface area contributed by atoms with E-state index in [-0.39, 0.29) is 22.9 Å². The average Bonchev–Trinajstić information content (AvgIpc) is 3.12. The van der Waals surface area contributed by atoms with Crippen molar-refractivity contribution in [2.45, 2.75) is 22.9 Å². The van der Waals surface area contributed by atoms with Crippen molar-refractivity contribution < 1.29 is 21.6 Å². The predicted octanol–water partition coefficient (Wildman–Crippen LogP) is -0.335. The maximum absolute atomic E-state index is 12.9. The Bertz CT molecular complexity index is 1100. The summed E-state index contributed by atoms with van der Waals surface area (Å²) < 4.78 is 55.2. The first-order valence-electron chi connectivity index (χ1n) is 8.56. The zero-order valence-electron chi connectivity index (χ0n) is 14.9. The molecule has 0 saturated carbocycles. The Kier molecular flexibility index (Phi) is 4.83. The lowest BCUT2D eigenvalue weighted by molar-refractivity contribution is 0.122. The second-order valence-corrected chi connectivity index (χ2v) is 10.0.